The number of aliphatic hydroxyl groups is 1. The molecule has 0 amide bonds. The number of ketones is 1. The van der Waals surface area contributed by atoms with Crippen LogP contribution in [0, 0.1) is 18.8 Å². The number of carbonyl (C=O) groups is 2. The van der Waals surface area contributed by atoms with Crippen molar-refractivity contribution in [2.24, 2.45) is 11.8 Å². The van der Waals surface area contributed by atoms with E-state index < -0.39 is 0 Å². The first-order valence-corrected chi connectivity index (χ1v) is 13.1. The minimum atomic E-state index is -0.389. The van der Waals surface area contributed by atoms with Crippen LogP contribution in [0.3, 0.4) is 0 Å². The van der Waals surface area contributed by atoms with Gasteiger partial charge < -0.3 is 9.84 Å². The van der Waals surface area contributed by atoms with Crippen molar-refractivity contribution < 1.29 is 19.4 Å². The minimum Gasteiger partial charge on any atom is -0.460 e. The van der Waals surface area contributed by atoms with E-state index in [4.69, 9.17) is 9.84 Å². The predicted molar refractivity (Wildman–Crippen MR) is 137 cm³/mol. The third-order valence-electron chi connectivity index (χ3n) is 6.80. The molecule has 0 radical (unpaired) electrons. The van der Waals surface area contributed by atoms with Crippen LogP contribution in [-0.2, 0) is 16.0 Å². The van der Waals surface area contributed by atoms with Crippen LogP contribution in [0.2, 0.25) is 0 Å². The molecule has 1 aliphatic carbocycles. The average Bonchev–Trinajstić information content (AvgIpc) is 3.21. The van der Waals surface area contributed by atoms with Crippen molar-refractivity contribution in [3.8, 4) is 0 Å². The summed E-state index contributed by atoms with van der Waals surface area (Å²) in [4.78, 5) is 26.1. The van der Waals surface area contributed by atoms with Crippen LogP contribution < -0.4 is 0 Å². The number of fused-ring (bicyclic) bond motifs is 1. The summed E-state index contributed by atoms with van der Waals surface area (Å²) in [6.07, 6.45) is 4.55. The van der Waals surface area contributed by atoms with Crippen molar-refractivity contribution in [3.63, 3.8) is 0 Å². The van der Waals surface area contributed by atoms with Gasteiger partial charge in [-0.05, 0) is 72.6 Å². The summed E-state index contributed by atoms with van der Waals surface area (Å²) in [5, 5.41) is 11.4. The lowest BCUT2D eigenvalue weighted by atomic mass is 9.90. The highest BCUT2D eigenvalue weighted by Gasteiger charge is 2.34. The number of ether oxygens (including phenoxy) is 1. The first kappa shape index (κ1) is 24.5. The Morgan fingerprint density at radius 1 is 1.12 bits per heavy atom. The molecule has 0 spiro atoms. The molecule has 1 N–H and O–H groups in total. The van der Waals surface area contributed by atoms with Crippen LogP contribution in [0.4, 0.5) is 0 Å². The Labute approximate surface area is 205 Å². The van der Waals surface area contributed by atoms with E-state index in [0.717, 1.165) is 42.6 Å². The maximum absolute atomic E-state index is 12.7. The number of hydrogen-bond acceptors (Lipinski definition) is 5. The number of carbonyl (C=O) groups excluding carboxylic acids is 2. The molecular weight excluding hydrogens is 444 g/mol. The molecule has 4 nitrogen and oxygen atoms in total. The molecule has 0 bridgehead atoms. The normalized spacial score (nSPS) is 17.9. The van der Waals surface area contributed by atoms with Crippen LogP contribution in [0.5, 0.6) is 0 Å². The molecule has 0 heterocycles. The highest BCUT2D eigenvalue weighted by Crippen LogP contribution is 2.38. The Morgan fingerprint density at radius 3 is 2.79 bits per heavy atom. The topological polar surface area (TPSA) is 63.6 Å². The summed E-state index contributed by atoms with van der Waals surface area (Å²) in [7, 11) is 0. The Bertz CT molecular complexity index is 1150. The molecule has 178 valence electrons. The summed E-state index contributed by atoms with van der Waals surface area (Å²) in [5.74, 6) is 1.39. The van der Waals surface area contributed by atoms with E-state index in [1.807, 2.05) is 30.8 Å². The van der Waals surface area contributed by atoms with Crippen molar-refractivity contribution in [1.29, 1.82) is 0 Å². The minimum absolute atomic E-state index is 0.0103. The van der Waals surface area contributed by atoms with Crippen LogP contribution in [0.1, 0.15) is 47.2 Å². The molecule has 0 saturated heterocycles. The number of thioether (sulfide) groups is 1. The number of hydrogen-bond donors (Lipinski definition) is 1. The highest BCUT2D eigenvalue weighted by molar-refractivity contribution is 7.99. The summed E-state index contributed by atoms with van der Waals surface area (Å²) < 4.78 is 5.09. The van der Waals surface area contributed by atoms with Crippen molar-refractivity contribution in [2.45, 2.75) is 43.9 Å². The summed E-state index contributed by atoms with van der Waals surface area (Å²) in [5.41, 5.74) is 2.54. The largest absolute Gasteiger partial charge is 0.460 e. The molecule has 0 unspecified atom stereocenters. The molecule has 4 rings (SSSR count). The average molecular weight is 477 g/mol. The molecule has 2 atom stereocenters. The second kappa shape index (κ2) is 11.7. The summed E-state index contributed by atoms with van der Waals surface area (Å²) in [6, 6.07) is 20.7. The maximum atomic E-state index is 12.7. The zero-order chi connectivity index (χ0) is 23.9. The van der Waals surface area contributed by atoms with Crippen LogP contribution in [-0.4, -0.2) is 35.8 Å². The number of benzene rings is 3. The van der Waals surface area contributed by atoms with Crippen LogP contribution >= 0.6 is 11.8 Å². The molecule has 1 aliphatic rings. The lowest BCUT2D eigenvalue weighted by Gasteiger charge is -2.18. The second-order valence-electron chi connectivity index (χ2n) is 9.06. The first-order chi connectivity index (χ1) is 16.6. The van der Waals surface area contributed by atoms with E-state index in [1.165, 1.54) is 15.7 Å². The smallest absolute Gasteiger partial charge is 0.338 e. The fourth-order valence-electron chi connectivity index (χ4n) is 4.88. The van der Waals surface area contributed by atoms with Crippen molar-refractivity contribution in [2.75, 3.05) is 19.0 Å². The SMILES string of the molecule is Cc1ccc(CCC[C@H]2CCC(=O)[C@@H]2CSc2cccc3ccccc23)cc1C(=O)OCCO. The van der Waals surface area contributed by atoms with Crippen molar-refractivity contribution in [3.05, 3.63) is 77.4 Å². The third kappa shape index (κ3) is 5.89. The van der Waals surface area contributed by atoms with Crippen molar-refractivity contribution >= 4 is 34.3 Å². The molecule has 5 heteroatoms. The molecular formula is C29H32O4S. The standard InChI is InChI=1S/C29H32O4S/c1-20-12-13-21(18-25(20)29(32)33-17-16-30)6-4-8-23-14-15-27(31)26(23)19-34-28-11-5-9-22-7-2-3-10-24(22)28/h2-3,5,7,9-13,18,23,26,30H,4,6,8,14-17,19H2,1H3/t23-,26+/m0/s1. The number of aliphatic hydroxyl groups excluding tert-OH is 1. The molecule has 1 saturated carbocycles. The van der Waals surface area contributed by atoms with Gasteiger partial charge in [0, 0.05) is 23.0 Å². The van der Waals surface area contributed by atoms with E-state index in [-0.39, 0.29) is 25.1 Å². The molecule has 3 aromatic rings. The van der Waals surface area contributed by atoms with Crippen LogP contribution in [0.15, 0.2) is 65.6 Å². The van der Waals surface area contributed by atoms with E-state index in [1.54, 1.807) is 0 Å². The van der Waals surface area contributed by atoms with E-state index in [9.17, 15) is 9.59 Å². The predicted octanol–water partition coefficient (Wildman–Crippen LogP) is 6.01. The lowest BCUT2D eigenvalue weighted by Crippen LogP contribution is -2.17. The molecule has 0 aromatic heterocycles. The van der Waals surface area contributed by atoms with E-state index in [0.29, 0.717) is 23.7 Å². The Balaban J connectivity index is 1.34. The number of aryl methyl sites for hydroxylation is 2. The van der Waals surface area contributed by atoms with Gasteiger partial charge in [0.25, 0.3) is 0 Å². The zero-order valence-corrected chi connectivity index (χ0v) is 20.5. The first-order valence-electron chi connectivity index (χ1n) is 12.1. The molecule has 0 aliphatic heterocycles. The lowest BCUT2D eigenvalue weighted by molar-refractivity contribution is -0.120. The van der Waals surface area contributed by atoms with Gasteiger partial charge in [0.15, 0.2) is 0 Å². The van der Waals surface area contributed by atoms with Gasteiger partial charge in [-0.15, -0.1) is 11.8 Å². The number of Topliss-reactive ketones (excluding diaryl/α,β-unsaturated/α-hetero) is 1. The Hall–Kier alpha value is -2.63. The molecule has 34 heavy (non-hydrogen) atoms. The van der Waals surface area contributed by atoms with Crippen LogP contribution in [0.25, 0.3) is 10.8 Å². The summed E-state index contributed by atoms with van der Waals surface area (Å²) >= 11 is 1.81. The Morgan fingerprint density at radius 2 is 1.94 bits per heavy atom. The van der Waals surface area contributed by atoms with Crippen molar-refractivity contribution in [1.82, 2.24) is 0 Å². The van der Waals surface area contributed by atoms with Gasteiger partial charge in [0.1, 0.15) is 12.4 Å². The van der Waals surface area contributed by atoms with Gasteiger partial charge in [-0.2, -0.15) is 0 Å². The van der Waals surface area contributed by atoms with E-state index in [2.05, 4.69) is 48.5 Å². The maximum Gasteiger partial charge on any atom is 0.338 e. The fourth-order valence-corrected chi connectivity index (χ4v) is 6.22. The summed E-state index contributed by atoms with van der Waals surface area (Å²) in [6.45, 7) is 1.72. The van der Waals surface area contributed by atoms with Gasteiger partial charge in [0.2, 0.25) is 0 Å². The van der Waals surface area contributed by atoms with Gasteiger partial charge >= 0.3 is 5.97 Å². The van der Waals surface area contributed by atoms with Gasteiger partial charge in [0.05, 0.1) is 12.2 Å². The quantitative estimate of drug-likeness (QED) is 0.287. The second-order valence-corrected chi connectivity index (χ2v) is 10.1. The number of rotatable bonds is 10. The fraction of sp³-hybridized carbons (Fsp3) is 0.379. The van der Waals surface area contributed by atoms with Gasteiger partial charge in [-0.3, -0.25) is 4.79 Å². The molecule has 3 aromatic carbocycles. The Kier molecular flexibility index (Phi) is 8.41. The third-order valence-corrected chi connectivity index (χ3v) is 7.99. The zero-order valence-electron chi connectivity index (χ0n) is 19.7. The highest BCUT2D eigenvalue weighted by atomic mass is 32.2. The molecule has 1 fully saturated rings. The monoisotopic (exact) mass is 476 g/mol. The number of esters is 1. The van der Waals surface area contributed by atoms with E-state index >= 15 is 0 Å². The van der Waals surface area contributed by atoms with Gasteiger partial charge in [-0.25, -0.2) is 4.79 Å². The van der Waals surface area contributed by atoms with Gasteiger partial charge in [-0.1, -0.05) is 48.5 Å².